The standard InChI is InChI=1S/C15H15NO4S3/c1-20-12-5-3-2-4-10(12)8-13-14(17)16(15(21)22-13)11-6-7-23(18,19)9-11/h2-5,8,11H,6-7,9H2,1H3/b13-8+/t11-/m1/s1. The maximum absolute atomic E-state index is 12.6. The quantitative estimate of drug-likeness (QED) is 0.600. The third kappa shape index (κ3) is 3.29. The van der Waals surface area contributed by atoms with E-state index in [1.807, 2.05) is 24.3 Å². The Labute approximate surface area is 144 Å². The van der Waals surface area contributed by atoms with E-state index in [4.69, 9.17) is 17.0 Å². The summed E-state index contributed by atoms with van der Waals surface area (Å²) in [5.74, 6) is 0.538. The molecular formula is C15H15NO4S3. The van der Waals surface area contributed by atoms with Gasteiger partial charge in [0.15, 0.2) is 9.84 Å². The number of ether oxygens (including phenoxy) is 1. The van der Waals surface area contributed by atoms with E-state index in [9.17, 15) is 13.2 Å². The number of sulfone groups is 1. The van der Waals surface area contributed by atoms with Crippen molar-refractivity contribution in [2.24, 2.45) is 0 Å². The summed E-state index contributed by atoms with van der Waals surface area (Å²) < 4.78 is 29.0. The molecule has 0 spiro atoms. The molecule has 1 aromatic rings. The van der Waals surface area contributed by atoms with Crippen molar-refractivity contribution in [3.63, 3.8) is 0 Å². The number of para-hydroxylation sites is 1. The van der Waals surface area contributed by atoms with Crippen LogP contribution in [0.15, 0.2) is 29.2 Å². The monoisotopic (exact) mass is 369 g/mol. The van der Waals surface area contributed by atoms with Gasteiger partial charge in [-0.05, 0) is 18.6 Å². The summed E-state index contributed by atoms with van der Waals surface area (Å²) in [4.78, 5) is 14.6. The first-order chi connectivity index (χ1) is 10.9. The van der Waals surface area contributed by atoms with Crippen molar-refractivity contribution < 1.29 is 17.9 Å². The summed E-state index contributed by atoms with van der Waals surface area (Å²) in [5.41, 5.74) is 0.787. The molecule has 2 saturated heterocycles. The van der Waals surface area contributed by atoms with Gasteiger partial charge in [0.25, 0.3) is 5.91 Å². The number of methoxy groups -OCH3 is 1. The Morgan fingerprint density at radius 1 is 1.39 bits per heavy atom. The van der Waals surface area contributed by atoms with Crippen LogP contribution in [0.5, 0.6) is 5.75 Å². The van der Waals surface area contributed by atoms with Crippen LogP contribution in [-0.2, 0) is 14.6 Å². The van der Waals surface area contributed by atoms with Crippen LogP contribution in [0.3, 0.4) is 0 Å². The predicted molar refractivity (Wildman–Crippen MR) is 95.1 cm³/mol. The van der Waals surface area contributed by atoms with Crippen LogP contribution in [0, 0.1) is 0 Å². The highest BCUT2D eigenvalue weighted by Crippen LogP contribution is 2.37. The Hall–Kier alpha value is -1.38. The largest absolute Gasteiger partial charge is 0.496 e. The Morgan fingerprint density at radius 2 is 2.13 bits per heavy atom. The van der Waals surface area contributed by atoms with E-state index < -0.39 is 9.84 Å². The molecule has 0 bridgehead atoms. The maximum Gasteiger partial charge on any atom is 0.266 e. The Morgan fingerprint density at radius 3 is 2.78 bits per heavy atom. The van der Waals surface area contributed by atoms with Crippen molar-refractivity contribution >= 4 is 50.1 Å². The molecule has 1 atom stereocenters. The topological polar surface area (TPSA) is 63.7 Å². The van der Waals surface area contributed by atoms with Crippen molar-refractivity contribution in [2.45, 2.75) is 12.5 Å². The lowest BCUT2D eigenvalue weighted by Gasteiger charge is -2.20. The van der Waals surface area contributed by atoms with Crippen LogP contribution in [0.1, 0.15) is 12.0 Å². The van der Waals surface area contributed by atoms with Crippen LogP contribution in [0.2, 0.25) is 0 Å². The first kappa shape index (κ1) is 16.5. The average molecular weight is 369 g/mol. The van der Waals surface area contributed by atoms with Gasteiger partial charge in [0.2, 0.25) is 0 Å². The van der Waals surface area contributed by atoms with Crippen molar-refractivity contribution in [3.05, 3.63) is 34.7 Å². The van der Waals surface area contributed by atoms with Gasteiger partial charge in [0.05, 0.1) is 29.6 Å². The van der Waals surface area contributed by atoms with E-state index >= 15 is 0 Å². The minimum absolute atomic E-state index is 0.0125. The summed E-state index contributed by atoms with van der Waals surface area (Å²) in [7, 11) is -1.50. The molecule has 1 amide bonds. The molecule has 2 fully saturated rings. The fourth-order valence-electron chi connectivity index (χ4n) is 2.70. The lowest BCUT2D eigenvalue weighted by atomic mass is 10.1. The zero-order valence-corrected chi connectivity index (χ0v) is 14.8. The summed E-state index contributed by atoms with van der Waals surface area (Å²) in [6, 6.07) is 7.03. The van der Waals surface area contributed by atoms with Crippen molar-refractivity contribution in [1.29, 1.82) is 0 Å². The van der Waals surface area contributed by atoms with Gasteiger partial charge in [0, 0.05) is 5.56 Å². The van der Waals surface area contributed by atoms with Gasteiger partial charge >= 0.3 is 0 Å². The molecule has 0 N–H and O–H groups in total. The third-order valence-corrected chi connectivity index (χ3v) is 6.90. The SMILES string of the molecule is COc1ccccc1/C=C1/SC(=S)N([C@@H]2CCS(=O)(=O)C2)C1=O. The molecule has 2 heterocycles. The molecule has 0 radical (unpaired) electrons. The summed E-state index contributed by atoms with van der Waals surface area (Å²) in [6.07, 6.45) is 2.18. The number of hydrogen-bond donors (Lipinski definition) is 0. The molecule has 1 aromatic carbocycles. The lowest BCUT2D eigenvalue weighted by molar-refractivity contribution is -0.123. The first-order valence-electron chi connectivity index (χ1n) is 7.02. The number of thiocarbonyl (C=S) groups is 1. The van der Waals surface area contributed by atoms with Gasteiger partial charge in [-0.2, -0.15) is 0 Å². The van der Waals surface area contributed by atoms with Gasteiger partial charge in [-0.1, -0.05) is 42.2 Å². The number of rotatable bonds is 3. The molecule has 2 aliphatic rings. The van der Waals surface area contributed by atoms with Crippen LogP contribution < -0.4 is 4.74 Å². The fourth-order valence-corrected chi connectivity index (χ4v) is 5.79. The van der Waals surface area contributed by atoms with E-state index in [1.54, 1.807) is 13.2 Å². The molecule has 122 valence electrons. The Balaban J connectivity index is 1.88. The molecule has 0 unspecified atom stereocenters. The van der Waals surface area contributed by atoms with Crippen molar-refractivity contribution in [2.75, 3.05) is 18.6 Å². The van der Waals surface area contributed by atoms with Gasteiger partial charge < -0.3 is 4.74 Å². The Kier molecular flexibility index (Phi) is 4.48. The minimum Gasteiger partial charge on any atom is -0.496 e. The van der Waals surface area contributed by atoms with Crippen molar-refractivity contribution in [3.8, 4) is 5.75 Å². The van der Waals surface area contributed by atoms with Gasteiger partial charge in [-0.15, -0.1) is 0 Å². The van der Waals surface area contributed by atoms with Gasteiger partial charge in [-0.3, -0.25) is 9.69 Å². The van der Waals surface area contributed by atoms with E-state index in [1.165, 1.54) is 16.7 Å². The second-order valence-corrected chi connectivity index (χ2v) is 9.26. The van der Waals surface area contributed by atoms with Crippen LogP contribution in [-0.4, -0.2) is 48.2 Å². The van der Waals surface area contributed by atoms with Crippen LogP contribution in [0.25, 0.3) is 6.08 Å². The number of benzene rings is 1. The molecule has 3 rings (SSSR count). The second-order valence-electron chi connectivity index (χ2n) is 5.35. The van der Waals surface area contributed by atoms with E-state index in [0.717, 1.165) is 5.56 Å². The molecule has 0 aliphatic carbocycles. The van der Waals surface area contributed by atoms with E-state index in [-0.39, 0.29) is 23.5 Å². The van der Waals surface area contributed by atoms with Gasteiger partial charge in [0.1, 0.15) is 10.1 Å². The fraction of sp³-hybridized carbons (Fsp3) is 0.333. The molecule has 23 heavy (non-hydrogen) atoms. The van der Waals surface area contributed by atoms with Crippen LogP contribution in [0.4, 0.5) is 0 Å². The number of amides is 1. The van der Waals surface area contributed by atoms with Crippen LogP contribution >= 0.6 is 24.0 Å². The molecule has 8 heteroatoms. The summed E-state index contributed by atoms with van der Waals surface area (Å²) in [6.45, 7) is 0. The highest BCUT2D eigenvalue weighted by atomic mass is 32.2. The average Bonchev–Trinajstić information content (AvgIpc) is 2.99. The number of thioether (sulfide) groups is 1. The third-order valence-electron chi connectivity index (χ3n) is 3.82. The smallest absolute Gasteiger partial charge is 0.266 e. The zero-order valence-electron chi connectivity index (χ0n) is 12.4. The lowest BCUT2D eigenvalue weighted by Crippen LogP contribution is -2.39. The van der Waals surface area contributed by atoms with Crippen molar-refractivity contribution in [1.82, 2.24) is 4.90 Å². The van der Waals surface area contributed by atoms with E-state index in [2.05, 4.69) is 0 Å². The number of nitrogens with zero attached hydrogens (tertiary/aromatic N) is 1. The second kappa shape index (κ2) is 6.26. The highest BCUT2D eigenvalue weighted by Gasteiger charge is 2.42. The minimum atomic E-state index is -3.07. The Bertz CT molecular complexity index is 801. The first-order valence-corrected chi connectivity index (χ1v) is 10.1. The molecular weight excluding hydrogens is 354 g/mol. The molecule has 5 nitrogen and oxygen atoms in total. The number of carbonyl (C=O) groups is 1. The van der Waals surface area contributed by atoms with Gasteiger partial charge in [-0.25, -0.2) is 8.42 Å². The maximum atomic E-state index is 12.6. The number of carbonyl (C=O) groups excluding carboxylic acids is 1. The molecule has 0 aromatic heterocycles. The predicted octanol–water partition coefficient (Wildman–Crippen LogP) is 2.08. The zero-order chi connectivity index (χ0) is 16.6. The highest BCUT2D eigenvalue weighted by molar-refractivity contribution is 8.26. The molecule has 0 saturated carbocycles. The summed E-state index contributed by atoms with van der Waals surface area (Å²) >= 11 is 6.49. The number of hydrogen-bond acceptors (Lipinski definition) is 6. The summed E-state index contributed by atoms with van der Waals surface area (Å²) in [5, 5.41) is 0. The van der Waals surface area contributed by atoms with E-state index in [0.29, 0.717) is 21.4 Å². The normalized spacial score (nSPS) is 25.3. The molecule has 2 aliphatic heterocycles.